The van der Waals surface area contributed by atoms with Crippen LogP contribution in [0.25, 0.3) is 0 Å². The molecule has 1 N–H and O–H groups in total. The van der Waals surface area contributed by atoms with Gasteiger partial charge in [-0.2, -0.15) is 0 Å². The Kier molecular flexibility index (Phi) is 3.09. The Balaban J connectivity index is 1.99. The van der Waals surface area contributed by atoms with Crippen molar-refractivity contribution >= 4 is 5.84 Å². The van der Waals surface area contributed by atoms with Crippen LogP contribution in [-0.4, -0.2) is 23.3 Å². The molecule has 2 heteroatoms. The molecule has 0 aromatic carbocycles. The van der Waals surface area contributed by atoms with Gasteiger partial charge in [0, 0.05) is 19.0 Å². The molecule has 0 bridgehead atoms. The number of nitrogens with one attached hydrogen (secondary N) is 1. The third-order valence-electron chi connectivity index (χ3n) is 3.83. The summed E-state index contributed by atoms with van der Waals surface area (Å²) in [6, 6.07) is 0.739. The highest BCUT2D eigenvalue weighted by Gasteiger charge is 2.35. The molecule has 1 saturated carbocycles. The number of rotatable bonds is 2. The Morgan fingerprint density at radius 1 is 1.29 bits per heavy atom. The number of hydrogen-bond acceptors (Lipinski definition) is 1. The Morgan fingerprint density at radius 3 is 2.86 bits per heavy atom. The van der Waals surface area contributed by atoms with Crippen molar-refractivity contribution in [3.05, 3.63) is 0 Å². The molecular weight excluding hydrogens is 172 g/mol. The molecule has 1 heterocycles. The zero-order chi connectivity index (χ0) is 9.97. The normalized spacial score (nSPS) is 31.6. The molecule has 2 aliphatic rings. The van der Waals surface area contributed by atoms with E-state index in [2.05, 4.69) is 11.8 Å². The molecule has 0 spiro atoms. The van der Waals surface area contributed by atoms with Crippen LogP contribution in [0.4, 0.5) is 0 Å². The van der Waals surface area contributed by atoms with Crippen molar-refractivity contribution < 1.29 is 0 Å². The van der Waals surface area contributed by atoms with E-state index in [4.69, 9.17) is 5.41 Å². The second-order valence-corrected chi connectivity index (χ2v) is 4.79. The van der Waals surface area contributed by atoms with E-state index in [0.717, 1.165) is 37.2 Å². The monoisotopic (exact) mass is 194 g/mol. The van der Waals surface area contributed by atoms with Crippen LogP contribution < -0.4 is 0 Å². The number of fused-ring (bicyclic) bond motifs is 1. The van der Waals surface area contributed by atoms with Crippen molar-refractivity contribution in [2.45, 2.75) is 57.9 Å². The molecule has 0 amide bonds. The average Bonchev–Trinajstić information content (AvgIpc) is 2.65. The first-order valence-electron chi connectivity index (χ1n) is 6.17. The Hall–Kier alpha value is -0.530. The minimum atomic E-state index is 0.739. The van der Waals surface area contributed by atoms with E-state index >= 15 is 0 Å². The molecule has 1 aliphatic heterocycles. The topological polar surface area (TPSA) is 27.1 Å². The van der Waals surface area contributed by atoms with Gasteiger partial charge in [0.1, 0.15) is 0 Å². The number of likely N-dealkylation sites (tertiary alicyclic amines) is 1. The summed E-state index contributed by atoms with van der Waals surface area (Å²) in [5.41, 5.74) is 0. The first-order chi connectivity index (χ1) is 6.83. The highest BCUT2D eigenvalue weighted by atomic mass is 15.2. The highest BCUT2D eigenvalue weighted by molar-refractivity contribution is 5.79. The highest BCUT2D eigenvalue weighted by Crippen LogP contribution is 2.36. The average molecular weight is 194 g/mol. The summed E-state index contributed by atoms with van der Waals surface area (Å²) in [4.78, 5) is 2.41. The third-order valence-corrected chi connectivity index (χ3v) is 3.83. The molecule has 2 atom stereocenters. The van der Waals surface area contributed by atoms with Crippen molar-refractivity contribution in [3.8, 4) is 0 Å². The van der Waals surface area contributed by atoms with E-state index in [9.17, 15) is 0 Å². The summed E-state index contributed by atoms with van der Waals surface area (Å²) in [6.07, 6.45) is 8.98. The van der Waals surface area contributed by atoms with E-state index in [1.165, 1.54) is 32.1 Å². The van der Waals surface area contributed by atoms with E-state index in [1.807, 2.05) is 0 Å². The minimum Gasteiger partial charge on any atom is -0.357 e. The van der Waals surface area contributed by atoms with E-state index in [1.54, 1.807) is 0 Å². The van der Waals surface area contributed by atoms with E-state index < -0.39 is 0 Å². The van der Waals surface area contributed by atoms with Gasteiger partial charge >= 0.3 is 0 Å². The largest absolute Gasteiger partial charge is 0.357 e. The molecule has 2 fully saturated rings. The van der Waals surface area contributed by atoms with Gasteiger partial charge in [0.2, 0.25) is 0 Å². The van der Waals surface area contributed by atoms with Gasteiger partial charge in [-0.15, -0.1) is 0 Å². The zero-order valence-corrected chi connectivity index (χ0v) is 9.26. The first kappa shape index (κ1) is 10.0. The maximum absolute atomic E-state index is 8.06. The number of nitrogens with zero attached hydrogens (tertiary/aromatic N) is 1. The minimum absolute atomic E-state index is 0.739. The number of hydrogen-bond donors (Lipinski definition) is 1. The van der Waals surface area contributed by atoms with E-state index in [0.29, 0.717) is 0 Å². The number of piperidine rings is 1. The molecule has 0 aromatic heterocycles. The van der Waals surface area contributed by atoms with Crippen LogP contribution in [0.15, 0.2) is 0 Å². The van der Waals surface area contributed by atoms with Gasteiger partial charge in [-0.1, -0.05) is 13.3 Å². The Bertz CT molecular complexity index is 212. The molecule has 0 radical (unpaired) electrons. The molecule has 2 unspecified atom stereocenters. The van der Waals surface area contributed by atoms with Crippen LogP contribution >= 0.6 is 0 Å². The molecular formula is C12H22N2. The quantitative estimate of drug-likeness (QED) is 0.531. The third kappa shape index (κ3) is 1.79. The smallest absolute Gasteiger partial charge is 0.0960 e. The lowest BCUT2D eigenvalue weighted by Crippen LogP contribution is -2.45. The fourth-order valence-corrected chi connectivity index (χ4v) is 3.17. The van der Waals surface area contributed by atoms with Crippen LogP contribution in [0, 0.1) is 11.3 Å². The fraction of sp³-hybridized carbons (Fsp3) is 0.917. The Morgan fingerprint density at radius 2 is 2.07 bits per heavy atom. The lowest BCUT2D eigenvalue weighted by molar-refractivity contribution is 0.187. The van der Waals surface area contributed by atoms with Gasteiger partial charge in [0.25, 0.3) is 0 Å². The van der Waals surface area contributed by atoms with E-state index in [-0.39, 0.29) is 0 Å². The molecule has 0 aromatic rings. The van der Waals surface area contributed by atoms with Gasteiger partial charge in [0.05, 0.1) is 5.84 Å². The van der Waals surface area contributed by atoms with Crippen LogP contribution in [0.2, 0.25) is 0 Å². The lowest BCUT2D eigenvalue weighted by atomic mass is 9.91. The van der Waals surface area contributed by atoms with Crippen molar-refractivity contribution in [1.29, 1.82) is 5.41 Å². The second kappa shape index (κ2) is 4.33. The van der Waals surface area contributed by atoms with Gasteiger partial charge in [-0.05, 0) is 38.0 Å². The second-order valence-electron chi connectivity index (χ2n) is 4.79. The maximum atomic E-state index is 8.06. The van der Waals surface area contributed by atoms with Crippen LogP contribution in [-0.2, 0) is 0 Å². The molecule has 80 valence electrons. The fourth-order valence-electron chi connectivity index (χ4n) is 3.17. The van der Waals surface area contributed by atoms with Crippen LogP contribution in [0.1, 0.15) is 51.9 Å². The van der Waals surface area contributed by atoms with Gasteiger partial charge < -0.3 is 4.90 Å². The van der Waals surface area contributed by atoms with Crippen molar-refractivity contribution in [1.82, 2.24) is 4.90 Å². The van der Waals surface area contributed by atoms with Crippen molar-refractivity contribution in [2.75, 3.05) is 6.54 Å². The van der Waals surface area contributed by atoms with Crippen LogP contribution in [0.3, 0.4) is 0 Å². The lowest BCUT2D eigenvalue weighted by Gasteiger charge is -2.39. The van der Waals surface area contributed by atoms with Crippen LogP contribution in [0.5, 0.6) is 0 Å². The van der Waals surface area contributed by atoms with Gasteiger partial charge in [-0.25, -0.2) is 0 Å². The SMILES string of the molecule is CCCC(=N)N1CCCC2CCCC21. The van der Waals surface area contributed by atoms with Crippen molar-refractivity contribution in [2.24, 2.45) is 5.92 Å². The number of amidine groups is 1. The standard InChI is InChI=1S/C12H22N2/c1-2-5-12(13)14-9-4-7-10-6-3-8-11(10)14/h10-11,13H,2-9H2,1H3. The Labute approximate surface area is 87.2 Å². The molecule has 2 nitrogen and oxygen atoms in total. The summed E-state index contributed by atoms with van der Waals surface area (Å²) >= 11 is 0. The van der Waals surface area contributed by atoms with Gasteiger partial charge in [0.15, 0.2) is 0 Å². The summed E-state index contributed by atoms with van der Waals surface area (Å²) in [5, 5.41) is 8.06. The summed E-state index contributed by atoms with van der Waals surface area (Å²) in [6.45, 7) is 3.32. The zero-order valence-electron chi connectivity index (χ0n) is 9.26. The molecule has 2 rings (SSSR count). The molecule has 1 aliphatic carbocycles. The maximum Gasteiger partial charge on any atom is 0.0960 e. The van der Waals surface area contributed by atoms with Gasteiger partial charge in [-0.3, -0.25) is 5.41 Å². The van der Waals surface area contributed by atoms with Crippen molar-refractivity contribution in [3.63, 3.8) is 0 Å². The molecule has 14 heavy (non-hydrogen) atoms. The predicted molar refractivity (Wildman–Crippen MR) is 59.7 cm³/mol. The molecule has 1 saturated heterocycles. The first-order valence-corrected chi connectivity index (χ1v) is 6.17. The summed E-state index contributed by atoms with van der Waals surface area (Å²) in [7, 11) is 0. The predicted octanol–water partition coefficient (Wildman–Crippen LogP) is 3.03. The summed E-state index contributed by atoms with van der Waals surface area (Å²) < 4.78 is 0. The summed E-state index contributed by atoms with van der Waals surface area (Å²) in [5.74, 6) is 1.82.